The standard InChI is InChI=1S/C7H15NO3S/c1-6(4-7(2)9)5-12(10,11)8-3/h6,8H,4-5H2,1-3H3. The van der Waals surface area contributed by atoms with Crippen molar-refractivity contribution in [3.8, 4) is 0 Å². The molecule has 0 radical (unpaired) electrons. The number of hydrogen-bond acceptors (Lipinski definition) is 3. The molecule has 72 valence electrons. The van der Waals surface area contributed by atoms with Crippen molar-refractivity contribution in [1.82, 2.24) is 4.72 Å². The Bertz CT molecular complexity index is 245. The Balaban J connectivity index is 4.01. The normalized spacial score (nSPS) is 14.2. The van der Waals surface area contributed by atoms with Gasteiger partial charge in [-0.1, -0.05) is 6.92 Å². The molecule has 0 saturated carbocycles. The second-order valence-corrected chi connectivity index (χ2v) is 4.97. The van der Waals surface area contributed by atoms with Gasteiger partial charge in [0.2, 0.25) is 10.0 Å². The Hall–Kier alpha value is -0.420. The molecule has 12 heavy (non-hydrogen) atoms. The molecular weight excluding hydrogens is 178 g/mol. The largest absolute Gasteiger partial charge is 0.300 e. The van der Waals surface area contributed by atoms with Crippen molar-refractivity contribution >= 4 is 15.8 Å². The highest BCUT2D eigenvalue weighted by molar-refractivity contribution is 7.89. The van der Waals surface area contributed by atoms with Crippen LogP contribution in [0.5, 0.6) is 0 Å². The summed E-state index contributed by atoms with van der Waals surface area (Å²) in [6.45, 7) is 3.21. The van der Waals surface area contributed by atoms with E-state index in [1.165, 1.54) is 14.0 Å². The topological polar surface area (TPSA) is 63.2 Å². The van der Waals surface area contributed by atoms with Crippen molar-refractivity contribution in [2.45, 2.75) is 20.3 Å². The van der Waals surface area contributed by atoms with Gasteiger partial charge in [0.1, 0.15) is 5.78 Å². The Kier molecular flexibility index (Phi) is 4.41. The molecule has 4 nitrogen and oxygen atoms in total. The Morgan fingerprint density at radius 2 is 2.00 bits per heavy atom. The molecule has 0 bridgehead atoms. The summed E-state index contributed by atoms with van der Waals surface area (Å²) in [4.78, 5) is 10.6. The lowest BCUT2D eigenvalue weighted by Crippen LogP contribution is -2.26. The number of carbonyl (C=O) groups excluding carboxylic acids is 1. The zero-order chi connectivity index (χ0) is 9.78. The van der Waals surface area contributed by atoms with Crippen LogP contribution in [-0.4, -0.2) is 27.0 Å². The summed E-state index contributed by atoms with van der Waals surface area (Å²) in [6.07, 6.45) is 0.320. The van der Waals surface area contributed by atoms with Crippen LogP contribution in [0.1, 0.15) is 20.3 Å². The van der Waals surface area contributed by atoms with E-state index in [4.69, 9.17) is 0 Å². The first-order valence-corrected chi connectivity index (χ1v) is 5.43. The van der Waals surface area contributed by atoms with Crippen molar-refractivity contribution in [3.05, 3.63) is 0 Å². The summed E-state index contributed by atoms with van der Waals surface area (Å²) >= 11 is 0. The third-order valence-electron chi connectivity index (χ3n) is 1.45. The van der Waals surface area contributed by atoms with Gasteiger partial charge in [0.15, 0.2) is 0 Å². The Morgan fingerprint density at radius 1 is 1.50 bits per heavy atom. The molecule has 0 aromatic heterocycles. The van der Waals surface area contributed by atoms with Crippen LogP contribution in [0.15, 0.2) is 0 Å². The van der Waals surface area contributed by atoms with E-state index in [1.54, 1.807) is 6.92 Å². The molecule has 0 spiro atoms. The van der Waals surface area contributed by atoms with E-state index < -0.39 is 10.0 Å². The fourth-order valence-electron chi connectivity index (χ4n) is 1.01. The second-order valence-electron chi connectivity index (χ2n) is 3.00. The third-order valence-corrected chi connectivity index (χ3v) is 3.08. The minimum absolute atomic E-state index is 0.0169. The lowest BCUT2D eigenvalue weighted by Gasteiger charge is -2.08. The number of carbonyl (C=O) groups is 1. The number of nitrogens with one attached hydrogen (secondary N) is 1. The van der Waals surface area contributed by atoms with E-state index in [0.29, 0.717) is 6.42 Å². The van der Waals surface area contributed by atoms with Crippen LogP contribution in [-0.2, 0) is 14.8 Å². The zero-order valence-electron chi connectivity index (χ0n) is 7.62. The number of rotatable bonds is 5. The second kappa shape index (κ2) is 4.57. The molecule has 0 aliphatic rings. The third kappa shape index (κ3) is 5.26. The van der Waals surface area contributed by atoms with Gasteiger partial charge in [0.05, 0.1) is 5.75 Å². The molecule has 0 aliphatic heterocycles. The lowest BCUT2D eigenvalue weighted by molar-refractivity contribution is -0.117. The number of sulfonamides is 1. The Morgan fingerprint density at radius 3 is 2.33 bits per heavy atom. The molecule has 1 atom stereocenters. The molecule has 1 unspecified atom stereocenters. The maximum absolute atomic E-state index is 11.0. The van der Waals surface area contributed by atoms with E-state index in [-0.39, 0.29) is 17.5 Å². The summed E-state index contributed by atoms with van der Waals surface area (Å²) in [5.41, 5.74) is 0. The minimum Gasteiger partial charge on any atom is -0.300 e. The van der Waals surface area contributed by atoms with E-state index in [1.807, 2.05) is 0 Å². The van der Waals surface area contributed by atoms with Gasteiger partial charge in [-0.15, -0.1) is 0 Å². The molecule has 0 aromatic rings. The molecule has 5 heteroatoms. The van der Waals surface area contributed by atoms with Crippen LogP contribution in [0.3, 0.4) is 0 Å². The fourth-order valence-corrected chi connectivity index (χ4v) is 2.04. The lowest BCUT2D eigenvalue weighted by atomic mass is 10.1. The molecule has 0 heterocycles. The summed E-state index contributed by atoms with van der Waals surface area (Å²) in [7, 11) is -1.80. The van der Waals surface area contributed by atoms with Crippen LogP contribution in [0.2, 0.25) is 0 Å². The summed E-state index contributed by atoms with van der Waals surface area (Å²) in [6, 6.07) is 0. The number of hydrogen-bond donors (Lipinski definition) is 1. The van der Waals surface area contributed by atoms with Gasteiger partial charge in [0.25, 0.3) is 0 Å². The van der Waals surface area contributed by atoms with Gasteiger partial charge < -0.3 is 4.79 Å². The van der Waals surface area contributed by atoms with Crippen molar-refractivity contribution in [3.63, 3.8) is 0 Å². The fraction of sp³-hybridized carbons (Fsp3) is 0.857. The number of ketones is 1. The quantitative estimate of drug-likeness (QED) is 0.676. The predicted octanol–water partition coefficient (Wildman–Crippen LogP) is 0.151. The highest BCUT2D eigenvalue weighted by Crippen LogP contribution is 2.04. The van der Waals surface area contributed by atoms with Crippen LogP contribution >= 0.6 is 0 Å². The molecule has 0 rings (SSSR count). The van der Waals surface area contributed by atoms with Crippen LogP contribution in [0, 0.1) is 5.92 Å². The highest BCUT2D eigenvalue weighted by Gasteiger charge is 2.14. The maximum Gasteiger partial charge on any atom is 0.211 e. The summed E-state index contributed by atoms with van der Waals surface area (Å²) in [5.74, 6) is -0.0722. The number of Topliss-reactive ketones (excluding diaryl/α,β-unsaturated/α-hetero) is 1. The molecule has 0 amide bonds. The van der Waals surface area contributed by atoms with Gasteiger partial charge >= 0.3 is 0 Å². The van der Waals surface area contributed by atoms with Gasteiger partial charge in [-0.2, -0.15) is 0 Å². The van der Waals surface area contributed by atoms with Gasteiger partial charge in [-0.3, -0.25) is 0 Å². The first kappa shape index (κ1) is 11.6. The molecule has 0 aliphatic carbocycles. The van der Waals surface area contributed by atoms with Gasteiger partial charge in [0, 0.05) is 6.42 Å². The molecule has 0 fully saturated rings. The molecule has 0 aromatic carbocycles. The van der Waals surface area contributed by atoms with Crippen molar-refractivity contribution in [2.24, 2.45) is 5.92 Å². The smallest absolute Gasteiger partial charge is 0.211 e. The predicted molar refractivity (Wildman–Crippen MR) is 47.3 cm³/mol. The van der Waals surface area contributed by atoms with E-state index in [0.717, 1.165) is 0 Å². The average Bonchev–Trinajstić information content (AvgIpc) is 1.84. The first-order valence-electron chi connectivity index (χ1n) is 3.78. The molecule has 1 N–H and O–H groups in total. The molecule has 0 saturated heterocycles. The van der Waals surface area contributed by atoms with Crippen LogP contribution in [0.4, 0.5) is 0 Å². The maximum atomic E-state index is 11.0. The SMILES string of the molecule is CNS(=O)(=O)CC(C)CC(C)=O. The highest BCUT2D eigenvalue weighted by atomic mass is 32.2. The zero-order valence-corrected chi connectivity index (χ0v) is 8.44. The monoisotopic (exact) mass is 193 g/mol. The van der Waals surface area contributed by atoms with E-state index in [9.17, 15) is 13.2 Å². The van der Waals surface area contributed by atoms with Gasteiger partial charge in [-0.25, -0.2) is 13.1 Å². The average molecular weight is 193 g/mol. The van der Waals surface area contributed by atoms with Crippen molar-refractivity contribution < 1.29 is 13.2 Å². The summed E-state index contributed by atoms with van der Waals surface area (Å²) < 4.78 is 24.1. The first-order chi connectivity index (χ1) is 5.37. The van der Waals surface area contributed by atoms with Gasteiger partial charge in [-0.05, 0) is 19.9 Å². The van der Waals surface area contributed by atoms with Crippen LogP contribution in [0.25, 0.3) is 0 Å². The Labute approximate surface area is 73.4 Å². The van der Waals surface area contributed by atoms with Crippen LogP contribution < -0.4 is 4.72 Å². The molecular formula is C7H15NO3S. The van der Waals surface area contributed by atoms with Crippen molar-refractivity contribution in [1.29, 1.82) is 0 Å². The van der Waals surface area contributed by atoms with Crippen molar-refractivity contribution in [2.75, 3.05) is 12.8 Å². The van der Waals surface area contributed by atoms with E-state index in [2.05, 4.69) is 4.72 Å². The van der Waals surface area contributed by atoms with E-state index >= 15 is 0 Å². The minimum atomic E-state index is -3.17. The summed E-state index contributed by atoms with van der Waals surface area (Å²) in [5, 5.41) is 0.